The topological polar surface area (TPSA) is 29.0 Å². The highest BCUT2D eigenvalue weighted by Gasteiger charge is 2.23. The molecule has 1 fully saturated rings. The van der Waals surface area contributed by atoms with Gasteiger partial charge >= 0.3 is 0 Å². The van der Waals surface area contributed by atoms with Crippen LogP contribution in [0, 0.1) is 0 Å². The fraction of sp³-hybridized carbons (Fsp3) is 0.667. The summed E-state index contributed by atoms with van der Waals surface area (Å²) in [5.74, 6) is 1.03. The summed E-state index contributed by atoms with van der Waals surface area (Å²) >= 11 is 7.09. The van der Waals surface area contributed by atoms with E-state index in [0.29, 0.717) is 6.04 Å². The second-order valence-corrected chi connectivity index (χ2v) is 6.02. The maximum absolute atomic E-state index is 4.42. The van der Waals surface area contributed by atoms with Gasteiger partial charge in [-0.2, -0.15) is 0 Å². The Hall–Kier alpha value is -0.160. The zero-order valence-corrected chi connectivity index (χ0v) is 13.0. The summed E-state index contributed by atoms with van der Waals surface area (Å²) in [6.45, 7) is 1.00. The molecule has 1 aromatic rings. The Balaban J connectivity index is 2.18. The minimum Gasteiger partial charge on any atom is -0.352 e. The van der Waals surface area contributed by atoms with Gasteiger partial charge in [0.2, 0.25) is 0 Å². The van der Waals surface area contributed by atoms with Gasteiger partial charge in [0.15, 0.2) is 0 Å². The summed E-state index contributed by atoms with van der Waals surface area (Å²) in [6, 6.07) is 0.632. The summed E-state index contributed by atoms with van der Waals surface area (Å²) in [6.07, 6.45) is 10.1. The van der Waals surface area contributed by atoms with E-state index in [1.165, 1.54) is 32.1 Å². The maximum atomic E-state index is 4.42. The van der Waals surface area contributed by atoms with Crippen molar-refractivity contribution in [2.45, 2.75) is 38.1 Å². The molecule has 5 heteroatoms. The van der Waals surface area contributed by atoms with E-state index in [0.717, 1.165) is 22.2 Å². The van der Waals surface area contributed by atoms with Gasteiger partial charge in [-0.1, -0.05) is 35.2 Å². The predicted octanol–water partition coefficient (Wildman–Crippen LogP) is 3.77. The van der Waals surface area contributed by atoms with Crippen molar-refractivity contribution in [2.75, 3.05) is 16.8 Å². The monoisotopic (exact) mass is 361 g/mol. The molecule has 0 amide bonds. The average Bonchev–Trinajstić information content (AvgIpc) is 2.38. The van der Waals surface area contributed by atoms with Crippen LogP contribution in [0.15, 0.2) is 17.0 Å². The number of halogens is 2. The van der Waals surface area contributed by atoms with Crippen LogP contribution in [0.25, 0.3) is 0 Å². The zero-order valence-electron chi connectivity index (χ0n) is 9.78. The van der Waals surface area contributed by atoms with Crippen molar-refractivity contribution in [3.05, 3.63) is 17.0 Å². The van der Waals surface area contributed by atoms with Crippen LogP contribution in [0.1, 0.15) is 32.1 Å². The van der Waals surface area contributed by atoms with E-state index in [4.69, 9.17) is 0 Å². The second kappa shape index (κ2) is 6.69. The highest BCUT2D eigenvalue weighted by molar-refractivity contribution is 9.10. The molecule has 0 unspecified atom stereocenters. The first-order valence-corrected chi connectivity index (χ1v) is 8.02. The molecule has 1 aliphatic rings. The highest BCUT2D eigenvalue weighted by atomic mass is 79.9. The van der Waals surface area contributed by atoms with Crippen LogP contribution in [-0.4, -0.2) is 27.9 Å². The Morgan fingerprint density at radius 3 is 2.71 bits per heavy atom. The Morgan fingerprint density at radius 1 is 1.29 bits per heavy atom. The third-order valence-electron chi connectivity index (χ3n) is 3.26. The van der Waals surface area contributed by atoms with Gasteiger partial charge in [0.25, 0.3) is 0 Å². The van der Waals surface area contributed by atoms with Crippen molar-refractivity contribution in [3.8, 4) is 0 Å². The molecule has 1 saturated carbocycles. The predicted molar refractivity (Wildman–Crippen MR) is 77.7 cm³/mol. The Morgan fingerprint density at radius 2 is 2.06 bits per heavy atom. The minimum atomic E-state index is 0.632. The van der Waals surface area contributed by atoms with E-state index in [2.05, 4.69) is 46.7 Å². The van der Waals surface area contributed by atoms with Crippen LogP contribution in [-0.2, 0) is 0 Å². The first-order valence-electron chi connectivity index (χ1n) is 6.11. The lowest BCUT2D eigenvalue weighted by atomic mass is 9.94. The van der Waals surface area contributed by atoms with Gasteiger partial charge in [0.05, 0.1) is 4.47 Å². The van der Waals surface area contributed by atoms with Crippen molar-refractivity contribution in [1.82, 2.24) is 9.97 Å². The normalized spacial score (nSPS) is 17.1. The molecule has 0 aromatic carbocycles. The van der Waals surface area contributed by atoms with Crippen LogP contribution in [0.2, 0.25) is 0 Å². The van der Waals surface area contributed by atoms with Crippen LogP contribution in [0.3, 0.4) is 0 Å². The van der Waals surface area contributed by atoms with Gasteiger partial charge < -0.3 is 4.90 Å². The molecule has 1 heterocycles. The van der Waals surface area contributed by atoms with Crippen LogP contribution < -0.4 is 4.90 Å². The fourth-order valence-electron chi connectivity index (χ4n) is 2.46. The quantitative estimate of drug-likeness (QED) is 0.763. The first-order chi connectivity index (χ1) is 8.33. The van der Waals surface area contributed by atoms with Crippen molar-refractivity contribution in [3.63, 3.8) is 0 Å². The Bertz CT molecular complexity index is 353. The second-order valence-electron chi connectivity index (χ2n) is 4.37. The molecule has 0 radical (unpaired) electrons. The number of alkyl halides is 1. The molecule has 1 aromatic heterocycles. The van der Waals surface area contributed by atoms with E-state index in [1.54, 1.807) is 6.33 Å². The number of aromatic nitrogens is 2. The molecular formula is C12H17Br2N3. The lowest BCUT2D eigenvalue weighted by Crippen LogP contribution is -2.39. The van der Waals surface area contributed by atoms with Crippen LogP contribution in [0.4, 0.5) is 5.82 Å². The molecular weight excluding hydrogens is 346 g/mol. The molecule has 3 nitrogen and oxygen atoms in total. The summed E-state index contributed by atoms with van der Waals surface area (Å²) < 4.78 is 0.992. The fourth-order valence-corrected chi connectivity index (χ4v) is 3.29. The molecule has 1 aliphatic carbocycles. The maximum Gasteiger partial charge on any atom is 0.146 e. The van der Waals surface area contributed by atoms with E-state index < -0.39 is 0 Å². The molecule has 2 rings (SSSR count). The molecule has 0 saturated heterocycles. The van der Waals surface area contributed by atoms with Gasteiger partial charge in [-0.05, 0) is 28.8 Å². The van der Waals surface area contributed by atoms with Gasteiger partial charge in [-0.15, -0.1) is 0 Å². The number of anilines is 1. The van der Waals surface area contributed by atoms with E-state index in [1.807, 2.05) is 6.20 Å². The van der Waals surface area contributed by atoms with Crippen molar-refractivity contribution in [1.29, 1.82) is 0 Å². The summed E-state index contributed by atoms with van der Waals surface area (Å²) in [5.41, 5.74) is 0. The molecule has 0 spiro atoms. The molecule has 0 aliphatic heterocycles. The van der Waals surface area contributed by atoms with Crippen LogP contribution in [0.5, 0.6) is 0 Å². The third-order valence-corrected chi connectivity index (χ3v) is 4.18. The zero-order chi connectivity index (χ0) is 12.1. The van der Waals surface area contributed by atoms with Gasteiger partial charge in [-0.25, -0.2) is 9.97 Å². The minimum absolute atomic E-state index is 0.632. The van der Waals surface area contributed by atoms with Gasteiger partial charge in [-0.3, -0.25) is 0 Å². The summed E-state index contributed by atoms with van der Waals surface area (Å²) in [4.78, 5) is 10.9. The number of rotatable bonds is 4. The molecule has 0 atom stereocenters. The number of hydrogen-bond donors (Lipinski definition) is 0. The highest BCUT2D eigenvalue weighted by Crippen LogP contribution is 2.30. The lowest BCUT2D eigenvalue weighted by Gasteiger charge is -2.35. The Labute approximate surface area is 119 Å². The molecule has 0 N–H and O–H groups in total. The SMILES string of the molecule is BrCCN(c1ncncc1Br)C1CCCCC1. The Kier molecular flexibility index (Phi) is 5.22. The molecule has 94 valence electrons. The van der Waals surface area contributed by atoms with Gasteiger partial charge in [0, 0.05) is 24.1 Å². The summed E-state index contributed by atoms with van der Waals surface area (Å²) in [5, 5.41) is 0.972. The van der Waals surface area contributed by atoms with E-state index in [-0.39, 0.29) is 0 Å². The number of nitrogens with zero attached hydrogens (tertiary/aromatic N) is 3. The third kappa shape index (κ3) is 3.41. The standard InChI is InChI=1S/C12H17Br2N3/c13-6-7-17(10-4-2-1-3-5-10)12-11(14)8-15-9-16-12/h8-10H,1-7H2. The summed E-state index contributed by atoms with van der Waals surface area (Å²) in [7, 11) is 0. The largest absolute Gasteiger partial charge is 0.352 e. The van der Waals surface area contributed by atoms with Gasteiger partial charge in [0.1, 0.15) is 12.1 Å². The first kappa shape index (κ1) is 13.3. The van der Waals surface area contributed by atoms with Crippen molar-refractivity contribution < 1.29 is 0 Å². The molecule has 0 bridgehead atoms. The van der Waals surface area contributed by atoms with Crippen molar-refractivity contribution in [2.24, 2.45) is 0 Å². The average molecular weight is 363 g/mol. The van der Waals surface area contributed by atoms with Crippen molar-refractivity contribution >= 4 is 37.7 Å². The van der Waals surface area contributed by atoms with E-state index in [9.17, 15) is 0 Å². The number of hydrogen-bond acceptors (Lipinski definition) is 3. The molecule has 17 heavy (non-hydrogen) atoms. The van der Waals surface area contributed by atoms with E-state index >= 15 is 0 Å². The lowest BCUT2D eigenvalue weighted by molar-refractivity contribution is 0.416. The smallest absolute Gasteiger partial charge is 0.146 e. The van der Waals surface area contributed by atoms with Crippen LogP contribution >= 0.6 is 31.9 Å².